The number of rotatable bonds is 9. The Morgan fingerprint density at radius 3 is 2.70 bits per heavy atom. The largest absolute Gasteiger partial charge is 0.379 e. The molecule has 2 atom stereocenters. The van der Waals surface area contributed by atoms with Crippen LogP contribution in [0.15, 0.2) is 30.3 Å². The van der Waals surface area contributed by atoms with E-state index in [0.717, 1.165) is 13.0 Å². The molecular formula is C19H29NO3. The smallest absolute Gasteiger partial charge is 0.132 e. The molecule has 0 radical (unpaired) electrons. The van der Waals surface area contributed by atoms with Crippen LogP contribution in [-0.4, -0.2) is 48.6 Å². The maximum absolute atomic E-state index is 11.0. The van der Waals surface area contributed by atoms with Gasteiger partial charge in [0.25, 0.3) is 0 Å². The van der Waals surface area contributed by atoms with Crippen LogP contribution in [0.4, 0.5) is 0 Å². The Morgan fingerprint density at radius 2 is 2.04 bits per heavy atom. The van der Waals surface area contributed by atoms with E-state index in [1.165, 1.54) is 5.56 Å². The lowest BCUT2D eigenvalue weighted by molar-refractivity contribution is -0.118. The number of nitrogens with zero attached hydrogens (tertiary/aromatic N) is 1. The Hall–Kier alpha value is -1.23. The quantitative estimate of drug-likeness (QED) is 0.656. The number of ketones is 1. The molecule has 0 amide bonds. The van der Waals surface area contributed by atoms with Gasteiger partial charge in [-0.3, -0.25) is 9.69 Å². The Bertz CT molecular complexity index is 475. The number of likely N-dealkylation sites (tertiary alicyclic amines) is 1. The second-order valence-corrected chi connectivity index (χ2v) is 6.63. The molecule has 128 valence electrons. The van der Waals surface area contributed by atoms with Crippen molar-refractivity contribution in [2.24, 2.45) is 0 Å². The molecule has 0 unspecified atom stereocenters. The first-order valence-electron chi connectivity index (χ1n) is 8.54. The molecule has 0 spiro atoms. The molecule has 4 nitrogen and oxygen atoms in total. The van der Waals surface area contributed by atoms with Gasteiger partial charge in [0.15, 0.2) is 0 Å². The zero-order chi connectivity index (χ0) is 16.7. The lowest BCUT2D eigenvalue weighted by Crippen LogP contribution is -2.38. The topological polar surface area (TPSA) is 38.8 Å². The number of benzene rings is 1. The first-order chi connectivity index (χ1) is 11.1. The van der Waals surface area contributed by atoms with Gasteiger partial charge >= 0.3 is 0 Å². The zero-order valence-corrected chi connectivity index (χ0v) is 14.5. The van der Waals surface area contributed by atoms with E-state index in [1.54, 1.807) is 6.92 Å². The molecule has 1 aromatic rings. The SMILES string of the molecule is CC(=O)CCOC[C@@H]1C[C@@H](OCc2ccccc2)CN1C(C)C. The minimum Gasteiger partial charge on any atom is -0.379 e. The molecule has 4 heteroatoms. The van der Waals surface area contributed by atoms with Crippen molar-refractivity contribution in [1.82, 2.24) is 4.90 Å². The molecule has 0 saturated carbocycles. The summed E-state index contributed by atoms with van der Waals surface area (Å²) in [6.07, 6.45) is 1.74. The Morgan fingerprint density at radius 1 is 1.30 bits per heavy atom. The van der Waals surface area contributed by atoms with E-state index in [0.29, 0.717) is 38.3 Å². The van der Waals surface area contributed by atoms with E-state index >= 15 is 0 Å². The summed E-state index contributed by atoms with van der Waals surface area (Å²) in [6.45, 7) is 8.83. The molecule has 1 aliphatic rings. The summed E-state index contributed by atoms with van der Waals surface area (Å²) >= 11 is 0. The number of ether oxygens (including phenoxy) is 2. The predicted octanol–water partition coefficient (Wildman–Crippen LogP) is 3.05. The van der Waals surface area contributed by atoms with E-state index in [2.05, 4.69) is 30.9 Å². The molecule has 0 bridgehead atoms. The Kier molecular flexibility index (Phi) is 7.21. The van der Waals surface area contributed by atoms with Crippen molar-refractivity contribution in [1.29, 1.82) is 0 Å². The summed E-state index contributed by atoms with van der Waals surface area (Å²) in [5.74, 6) is 0.182. The fraction of sp³-hybridized carbons (Fsp3) is 0.632. The van der Waals surface area contributed by atoms with E-state index in [1.807, 2.05) is 18.2 Å². The van der Waals surface area contributed by atoms with Gasteiger partial charge in [-0.15, -0.1) is 0 Å². The van der Waals surface area contributed by atoms with Gasteiger partial charge in [-0.25, -0.2) is 0 Å². The first kappa shape index (κ1) is 18.1. The maximum Gasteiger partial charge on any atom is 0.132 e. The number of carbonyl (C=O) groups is 1. The summed E-state index contributed by atoms with van der Waals surface area (Å²) in [5, 5.41) is 0. The zero-order valence-electron chi connectivity index (χ0n) is 14.5. The van der Waals surface area contributed by atoms with Crippen LogP contribution in [0.1, 0.15) is 39.2 Å². The highest BCUT2D eigenvalue weighted by atomic mass is 16.5. The third-order valence-electron chi connectivity index (χ3n) is 4.32. The van der Waals surface area contributed by atoms with Gasteiger partial charge in [-0.05, 0) is 32.8 Å². The summed E-state index contributed by atoms with van der Waals surface area (Å²) in [4.78, 5) is 13.4. The van der Waals surface area contributed by atoms with E-state index in [4.69, 9.17) is 9.47 Å². The monoisotopic (exact) mass is 319 g/mol. The minimum atomic E-state index is 0.182. The van der Waals surface area contributed by atoms with Gasteiger partial charge in [-0.2, -0.15) is 0 Å². The van der Waals surface area contributed by atoms with E-state index in [-0.39, 0.29) is 11.9 Å². The van der Waals surface area contributed by atoms with Gasteiger partial charge in [-0.1, -0.05) is 30.3 Å². The van der Waals surface area contributed by atoms with Crippen LogP contribution >= 0.6 is 0 Å². The van der Waals surface area contributed by atoms with Crippen molar-refractivity contribution >= 4 is 5.78 Å². The van der Waals surface area contributed by atoms with Crippen LogP contribution in [0.3, 0.4) is 0 Å². The highest BCUT2D eigenvalue weighted by Crippen LogP contribution is 2.24. The second kappa shape index (κ2) is 9.16. The summed E-state index contributed by atoms with van der Waals surface area (Å²) < 4.78 is 11.8. The predicted molar refractivity (Wildman–Crippen MR) is 91.4 cm³/mol. The van der Waals surface area contributed by atoms with Crippen LogP contribution in [-0.2, 0) is 20.9 Å². The molecule has 0 aromatic heterocycles. The molecule has 1 fully saturated rings. The maximum atomic E-state index is 11.0. The van der Waals surface area contributed by atoms with Crippen LogP contribution in [0.25, 0.3) is 0 Å². The van der Waals surface area contributed by atoms with Gasteiger partial charge < -0.3 is 9.47 Å². The van der Waals surface area contributed by atoms with Crippen LogP contribution in [0.5, 0.6) is 0 Å². The van der Waals surface area contributed by atoms with Crippen molar-refractivity contribution in [3.05, 3.63) is 35.9 Å². The van der Waals surface area contributed by atoms with Crippen molar-refractivity contribution in [3.8, 4) is 0 Å². The molecule has 1 heterocycles. The number of Topliss-reactive ketones (excluding diaryl/α,β-unsaturated/α-hetero) is 1. The third-order valence-corrected chi connectivity index (χ3v) is 4.32. The standard InChI is InChI=1S/C19H29NO3/c1-15(2)20-12-19(23-13-17-7-5-4-6-8-17)11-18(20)14-22-10-9-16(3)21/h4-8,15,18-19H,9-14H2,1-3H3/t18-,19+/m0/s1. The lowest BCUT2D eigenvalue weighted by Gasteiger charge is -2.27. The molecule has 0 aliphatic carbocycles. The molecule has 1 aliphatic heterocycles. The summed E-state index contributed by atoms with van der Waals surface area (Å²) in [5.41, 5.74) is 1.21. The molecule has 1 aromatic carbocycles. The summed E-state index contributed by atoms with van der Waals surface area (Å²) in [7, 11) is 0. The average molecular weight is 319 g/mol. The van der Waals surface area contributed by atoms with Gasteiger partial charge in [0.05, 0.1) is 25.9 Å². The highest BCUT2D eigenvalue weighted by molar-refractivity contribution is 5.75. The molecule has 1 saturated heterocycles. The third kappa shape index (κ3) is 6.05. The van der Waals surface area contributed by atoms with Crippen LogP contribution in [0.2, 0.25) is 0 Å². The molecule has 2 rings (SSSR count). The van der Waals surface area contributed by atoms with E-state index < -0.39 is 0 Å². The van der Waals surface area contributed by atoms with E-state index in [9.17, 15) is 4.79 Å². The number of hydrogen-bond donors (Lipinski definition) is 0. The fourth-order valence-electron chi connectivity index (χ4n) is 3.04. The van der Waals surface area contributed by atoms with Gasteiger partial charge in [0, 0.05) is 25.0 Å². The fourth-order valence-corrected chi connectivity index (χ4v) is 3.04. The van der Waals surface area contributed by atoms with Gasteiger partial charge in [0.1, 0.15) is 5.78 Å². The van der Waals surface area contributed by atoms with Crippen molar-refractivity contribution in [2.75, 3.05) is 19.8 Å². The number of carbonyl (C=O) groups excluding carboxylic acids is 1. The number of hydrogen-bond acceptors (Lipinski definition) is 4. The minimum absolute atomic E-state index is 0.182. The highest BCUT2D eigenvalue weighted by Gasteiger charge is 2.34. The van der Waals surface area contributed by atoms with Crippen molar-refractivity contribution in [3.63, 3.8) is 0 Å². The van der Waals surface area contributed by atoms with Gasteiger partial charge in [0.2, 0.25) is 0 Å². The normalized spacial score (nSPS) is 21.9. The lowest BCUT2D eigenvalue weighted by atomic mass is 10.2. The first-order valence-corrected chi connectivity index (χ1v) is 8.54. The Balaban J connectivity index is 1.78. The van der Waals surface area contributed by atoms with Crippen molar-refractivity contribution < 1.29 is 14.3 Å². The molecular weight excluding hydrogens is 290 g/mol. The van der Waals surface area contributed by atoms with Crippen LogP contribution < -0.4 is 0 Å². The summed E-state index contributed by atoms with van der Waals surface area (Å²) in [6, 6.07) is 11.1. The molecule has 23 heavy (non-hydrogen) atoms. The Labute approximate surface area is 139 Å². The molecule has 0 N–H and O–H groups in total. The second-order valence-electron chi connectivity index (χ2n) is 6.63. The van der Waals surface area contributed by atoms with Crippen LogP contribution in [0, 0.1) is 0 Å². The van der Waals surface area contributed by atoms with Crippen molar-refractivity contribution in [2.45, 2.75) is 58.4 Å². The average Bonchev–Trinajstić information content (AvgIpc) is 2.94.